The topological polar surface area (TPSA) is 70.3 Å². The summed E-state index contributed by atoms with van der Waals surface area (Å²) in [6.45, 7) is 8.33. The first kappa shape index (κ1) is 18.3. The number of rotatable bonds is 2. The minimum Gasteiger partial charge on any atom is -0.459 e. The van der Waals surface area contributed by atoms with Crippen molar-refractivity contribution in [3.05, 3.63) is 24.2 Å². The van der Waals surface area contributed by atoms with Crippen LogP contribution in [0.5, 0.6) is 0 Å². The highest BCUT2D eigenvalue weighted by molar-refractivity contribution is 5.91. The lowest BCUT2D eigenvalue weighted by Crippen LogP contribution is -2.71. The van der Waals surface area contributed by atoms with Gasteiger partial charge in [0.25, 0.3) is 5.91 Å². The predicted molar refractivity (Wildman–Crippen MR) is 103 cm³/mol. The van der Waals surface area contributed by atoms with Crippen LogP contribution in [-0.2, 0) is 4.74 Å². The van der Waals surface area contributed by atoms with E-state index in [1.165, 1.54) is 12.7 Å². The molecular formula is C20H30N4O3. The Labute approximate surface area is 160 Å². The zero-order chi connectivity index (χ0) is 19.0. The molecule has 1 saturated carbocycles. The molecule has 148 valence electrons. The lowest BCUT2D eigenvalue weighted by Gasteiger charge is -2.60. The van der Waals surface area contributed by atoms with Crippen LogP contribution in [0.1, 0.15) is 37.2 Å². The molecule has 1 N–H and O–H groups in total. The van der Waals surface area contributed by atoms with Crippen LogP contribution in [0.25, 0.3) is 0 Å². The van der Waals surface area contributed by atoms with E-state index in [-0.39, 0.29) is 11.3 Å². The zero-order valence-corrected chi connectivity index (χ0v) is 16.5. The average molecular weight is 374 g/mol. The predicted octanol–water partition coefficient (Wildman–Crippen LogP) is 1.82. The summed E-state index contributed by atoms with van der Waals surface area (Å²) < 4.78 is 11.3. The van der Waals surface area contributed by atoms with E-state index in [1.807, 2.05) is 11.9 Å². The first-order chi connectivity index (χ1) is 13.0. The normalized spacial score (nSPS) is 30.5. The number of nitrogens with zero attached hydrogens (tertiary/aromatic N) is 3. The highest BCUT2D eigenvalue weighted by Crippen LogP contribution is 2.51. The van der Waals surface area contributed by atoms with Crippen LogP contribution < -0.4 is 5.32 Å². The number of hydrogen-bond acceptors (Lipinski definition) is 4. The molecule has 1 aromatic heterocycles. The average Bonchev–Trinajstić information content (AvgIpc) is 3.23. The molecule has 0 aromatic carbocycles. The molecule has 0 spiro atoms. The number of nitrogens with one attached hydrogen (secondary N) is 1. The van der Waals surface area contributed by atoms with Gasteiger partial charge < -0.3 is 24.3 Å². The Kier molecular flexibility index (Phi) is 4.88. The van der Waals surface area contributed by atoms with Gasteiger partial charge in [-0.15, -0.1) is 0 Å². The van der Waals surface area contributed by atoms with Crippen molar-refractivity contribution in [2.24, 2.45) is 16.3 Å². The van der Waals surface area contributed by atoms with Gasteiger partial charge in [-0.05, 0) is 25.0 Å². The van der Waals surface area contributed by atoms with Gasteiger partial charge in [0.1, 0.15) is 0 Å². The summed E-state index contributed by atoms with van der Waals surface area (Å²) in [7, 11) is 1.84. The zero-order valence-electron chi connectivity index (χ0n) is 16.5. The van der Waals surface area contributed by atoms with Gasteiger partial charge in [-0.2, -0.15) is 0 Å². The smallest absolute Gasteiger partial charge is 0.289 e. The summed E-state index contributed by atoms with van der Waals surface area (Å²) in [5.41, 5.74) is 0.109. The number of amides is 1. The number of aliphatic imine (C=N–C) groups is 1. The van der Waals surface area contributed by atoms with Crippen LogP contribution in [0.3, 0.4) is 0 Å². The van der Waals surface area contributed by atoms with Gasteiger partial charge in [-0.1, -0.05) is 13.8 Å². The Hall–Kier alpha value is -2.02. The molecule has 0 bridgehead atoms. The molecule has 3 atom stereocenters. The number of ether oxygens (including phenoxy) is 1. The molecule has 3 unspecified atom stereocenters. The number of piperazine rings is 1. The summed E-state index contributed by atoms with van der Waals surface area (Å²) in [6.07, 6.45) is 4.25. The fourth-order valence-corrected chi connectivity index (χ4v) is 4.93. The number of furan rings is 1. The van der Waals surface area contributed by atoms with Crippen LogP contribution >= 0.6 is 0 Å². The van der Waals surface area contributed by atoms with Gasteiger partial charge in [0.15, 0.2) is 11.7 Å². The molecular weight excluding hydrogens is 344 g/mol. The fraction of sp³-hybridized carbons (Fsp3) is 0.700. The summed E-state index contributed by atoms with van der Waals surface area (Å²) in [4.78, 5) is 21.1. The van der Waals surface area contributed by atoms with E-state index < -0.39 is 0 Å². The lowest BCUT2D eigenvalue weighted by molar-refractivity contribution is -0.188. The Morgan fingerprint density at radius 3 is 2.67 bits per heavy atom. The van der Waals surface area contributed by atoms with Gasteiger partial charge in [0.2, 0.25) is 0 Å². The van der Waals surface area contributed by atoms with E-state index >= 15 is 0 Å². The molecule has 2 aliphatic heterocycles. The maximum absolute atomic E-state index is 12.4. The third-order valence-electron chi connectivity index (χ3n) is 6.43. The van der Waals surface area contributed by atoms with Crippen LogP contribution in [-0.4, -0.2) is 73.6 Å². The first-order valence-corrected chi connectivity index (χ1v) is 9.95. The molecule has 7 heteroatoms. The van der Waals surface area contributed by atoms with Crippen molar-refractivity contribution < 1.29 is 13.9 Å². The number of carbonyl (C=O) groups excluding carboxylic acids is 1. The first-order valence-electron chi connectivity index (χ1n) is 9.95. The Morgan fingerprint density at radius 1 is 1.26 bits per heavy atom. The van der Waals surface area contributed by atoms with Gasteiger partial charge in [0, 0.05) is 57.2 Å². The number of guanidine groups is 1. The highest BCUT2D eigenvalue weighted by atomic mass is 16.5. The number of carbonyl (C=O) groups is 1. The molecule has 1 aromatic rings. The van der Waals surface area contributed by atoms with E-state index in [9.17, 15) is 4.79 Å². The minimum absolute atomic E-state index is 0.0371. The van der Waals surface area contributed by atoms with E-state index in [2.05, 4.69) is 29.1 Å². The van der Waals surface area contributed by atoms with Crippen molar-refractivity contribution >= 4 is 11.9 Å². The van der Waals surface area contributed by atoms with Crippen molar-refractivity contribution in [2.75, 3.05) is 39.8 Å². The monoisotopic (exact) mass is 374 g/mol. The van der Waals surface area contributed by atoms with E-state index in [0.29, 0.717) is 36.9 Å². The van der Waals surface area contributed by atoms with E-state index in [0.717, 1.165) is 32.1 Å². The van der Waals surface area contributed by atoms with E-state index in [4.69, 9.17) is 9.15 Å². The third-order valence-corrected chi connectivity index (χ3v) is 6.43. The van der Waals surface area contributed by atoms with Gasteiger partial charge in [-0.3, -0.25) is 9.79 Å². The molecule has 1 amide bonds. The molecule has 1 aliphatic carbocycles. The van der Waals surface area contributed by atoms with Crippen molar-refractivity contribution in [3.63, 3.8) is 0 Å². The second-order valence-corrected chi connectivity index (χ2v) is 8.34. The standard InChI is InChI=1S/C20H30N4O3/c1-20(2)16(14-6-4-13-27-17(14)20)22-19(21-3)24-10-8-23(9-11-24)18(25)15-7-5-12-26-15/h5,7,12,14,16-17H,4,6,8-11,13H2,1-3H3,(H,21,22). The van der Waals surface area contributed by atoms with Gasteiger partial charge >= 0.3 is 0 Å². The number of hydrogen-bond donors (Lipinski definition) is 1. The maximum atomic E-state index is 12.4. The number of fused-ring (bicyclic) bond motifs is 1. The summed E-state index contributed by atoms with van der Waals surface area (Å²) in [6, 6.07) is 3.85. The Bertz CT molecular complexity index is 692. The summed E-state index contributed by atoms with van der Waals surface area (Å²) >= 11 is 0. The SMILES string of the molecule is CN=C(NC1C2CCCOC2C1(C)C)N1CCN(C(=O)c2ccco2)CC1. The molecule has 0 radical (unpaired) electrons. The Balaban J connectivity index is 1.35. The summed E-state index contributed by atoms with van der Waals surface area (Å²) in [5, 5.41) is 3.71. The van der Waals surface area contributed by atoms with Crippen molar-refractivity contribution in [3.8, 4) is 0 Å². The van der Waals surface area contributed by atoms with Crippen LogP contribution in [0.15, 0.2) is 27.8 Å². The Morgan fingerprint density at radius 2 is 2.00 bits per heavy atom. The van der Waals surface area contributed by atoms with Gasteiger partial charge in [-0.25, -0.2) is 0 Å². The molecule has 3 fully saturated rings. The molecule has 3 aliphatic rings. The summed E-state index contributed by atoms with van der Waals surface area (Å²) in [5.74, 6) is 1.87. The molecule has 2 saturated heterocycles. The van der Waals surface area contributed by atoms with Crippen molar-refractivity contribution in [2.45, 2.75) is 38.8 Å². The maximum Gasteiger partial charge on any atom is 0.289 e. The molecule has 4 rings (SSSR count). The second kappa shape index (κ2) is 7.19. The second-order valence-electron chi connectivity index (χ2n) is 8.34. The van der Waals surface area contributed by atoms with Crippen molar-refractivity contribution in [1.29, 1.82) is 0 Å². The third kappa shape index (κ3) is 3.22. The minimum atomic E-state index is -0.0371. The van der Waals surface area contributed by atoms with Crippen LogP contribution in [0, 0.1) is 11.3 Å². The fourth-order valence-electron chi connectivity index (χ4n) is 4.93. The van der Waals surface area contributed by atoms with Crippen LogP contribution in [0.4, 0.5) is 0 Å². The lowest BCUT2D eigenvalue weighted by atomic mass is 9.55. The van der Waals surface area contributed by atoms with Gasteiger partial charge in [0.05, 0.1) is 12.4 Å². The largest absolute Gasteiger partial charge is 0.459 e. The quantitative estimate of drug-likeness (QED) is 0.632. The van der Waals surface area contributed by atoms with Crippen LogP contribution in [0.2, 0.25) is 0 Å². The van der Waals surface area contributed by atoms with Crippen molar-refractivity contribution in [1.82, 2.24) is 15.1 Å². The molecule has 3 heterocycles. The highest BCUT2D eigenvalue weighted by Gasteiger charge is 2.58. The molecule has 7 nitrogen and oxygen atoms in total. The molecule has 27 heavy (non-hydrogen) atoms. The van der Waals surface area contributed by atoms with E-state index in [1.54, 1.807) is 12.1 Å².